The fraction of sp³-hybridized carbons (Fsp3) is 0.500. The van der Waals surface area contributed by atoms with Crippen LogP contribution in [0, 0.1) is 0 Å². The first-order valence-corrected chi connectivity index (χ1v) is 6.47. The van der Waals surface area contributed by atoms with Crippen LogP contribution in [0.1, 0.15) is 26.5 Å². The van der Waals surface area contributed by atoms with Gasteiger partial charge in [0.1, 0.15) is 0 Å². The molecular formula is C12H18N6O2. The van der Waals surface area contributed by atoms with Crippen LogP contribution in [0.2, 0.25) is 0 Å². The summed E-state index contributed by atoms with van der Waals surface area (Å²) in [5, 5.41) is 9.71. The third-order valence-corrected chi connectivity index (χ3v) is 2.20. The van der Waals surface area contributed by atoms with E-state index >= 15 is 0 Å². The van der Waals surface area contributed by atoms with Crippen LogP contribution in [0.15, 0.2) is 16.8 Å². The SMILES string of the molecule is CCNc1nc(NCc2ccno2)nc(OC(C)C)n1. The number of ether oxygens (including phenoxy) is 1. The predicted molar refractivity (Wildman–Crippen MR) is 73.6 cm³/mol. The highest BCUT2D eigenvalue weighted by Crippen LogP contribution is 2.13. The zero-order chi connectivity index (χ0) is 14.4. The van der Waals surface area contributed by atoms with E-state index in [4.69, 9.17) is 9.26 Å². The van der Waals surface area contributed by atoms with Crippen molar-refractivity contribution in [2.75, 3.05) is 17.2 Å². The lowest BCUT2D eigenvalue weighted by Gasteiger charge is -2.11. The predicted octanol–water partition coefficient (Wildman–Crippen LogP) is 1.69. The molecule has 2 aromatic rings. The smallest absolute Gasteiger partial charge is 0.323 e. The van der Waals surface area contributed by atoms with Crippen molar-refractivity contribution in [2.45, 2.75) is 33.4 Å². The molecule has 8 heteroatoms. The van der Waals surface area contributed by atoms with E-state index in [-0.39, 0.29) is 12.1 Å². The molecule has 0 aromatic carbocycles. The van der Waals surface area contributed by atoms with Gasteiger partial charge in [-0.3, -0.25) is 0 Å². The largest absolute Gasteiger partial charge is 0.461 e. The van der Waals surface area contributed by atoms with Gasteiger partial charge < -0.3 is 19.9 Å². The molecule has 0 spiro atoms. The normalized spacial score (nSPS) is 10.6. The van der Waals surface area contributed by atoms with Crippen LogP contribution in [0.3, 0.4) is 0 Å². The number of nitrogens with zero attached hydrogens (tertiary/aromatic N) is 4. The highest BCUT2D eigenvalue weighted by molar-refractivity contribution is 5.36. The Kier molecular flexibility index (Phi) is 4.70. The van der Waals surface area contributed by atoms with E-state index in [0.717, 1.165) is 0 Å². The Labute approximate surface area is 117 Å². The minimum absolute atomic E-state index is 0.00556. The highest BCUT2D eigenvalue weighted by Gasteiger charge is 2.09. The van der Waals surface area contributed by atoms with Crippen LogP contribution < -0.4 is 15.4 Å². The Bertz CT molecular complexity index is 529. The van der Waals surface area contributed by atoms with Crippen LogP contribution in [-0.4, -0.2) is 32.8 Å². The standard InChI is InChI=1S/C12H18N6O2/c1-4-13-10-16-11(14-7-9-5-6-15-20-9)18-12(17-10)19-8(2)3/h5-6,8H,4,7H2,1-3H3,(H2,13,14,16,17,18). The summed E-state index contributed by atoms with van der Waals surface area (Å²) in [4.78, 5) is 12.6. The summed E-state index contributed by atoms with van der Waals surface area (Å²) in [7, 11) is 0. The molecule has 2 N–H and O–H groups in total. The van der Waals surface area contributed by atoms with Gasteiger partial charge in [0.2, 0.25) is 11.9 Å². The molecule has 0 unspecified atom stereocenters. The fourth-order valence-electron chi connectivity index (χ4n) is 1.44. The Morgan fingerprint density at radius 1 is 1.20 bits per heavy atom. The van der Waals surface area contributed by atoms with Gasteiger partial charge in [-0.1, -0.05) is 5.16 Å². The molecular weight excluding hydrogens is 260 g/mol. The van der Waals surface area contributed by atoms with E-state index in [1.54, 1.807) is 12.3 Å². The maximum absolute atomic E-state index is 5.50. The zero-order valence-corrected chi connectivity index (χ0v) is 11.8. The van der Waals surface area contributed by atoms with Gasteiger partial charge in [0.15, 0.2) is 5.76 Å². The van der Waals surface area contributed by atoms with Gasteiger partial charge in [0.25, 0.3) is 0 Å². The molecule has 8 nitrogen and oxygen atoms in total. The summed E-state index contributed by atoms with van der Waals surface area (Å²) in [5.41, 5.74) is 0. The lowest BCUT2D eigenvalue weighted by molar-refractivity contribution is 0.222. The average molecular weight is 278 g/mol. The summed E-state index contributed by atoms with van der Waals surface area (Å²) in [6.07, 6.45) is 1.58. The summed E-state index contributed by atoms with van der Waals surface area (Å²) >= 11 is 0. The first-order valence-electron chi connectivity index (χ1n) is 6.47. The third kappa shape index (κ3) is 4.08. The van der Waals surface area contributed by atoms with E-state index in [2.05, 4.69) is 30.7 Å². The van der Waals surface area contributed by atoms with E-state index in [0.29, 0.717) is 30.7 Å². The van der Waals surface area contributed by atoms with Gasteiger partial charge in [0, 0.05) is 12.6 Å². The maximum Gasteiger partial charge on any atom is 0.323 e. The Morgan fingerprint density at radius 2 is 1.95 bits per heavy atom. The van der Waals surface area contributed by atoms with Gasteiger partial charge in [-0.15, -0.1) is 0 Å². The van der Waals surface area contributed by atoms with Gasteiger partial charge in [-0.25, -0.2) is 0 Å². The number of aromatic nitrogens is 4. The number of anilines is 2. The molecule has 0 aliphatic carbocycles. The molecule has 0 aliphatic heterocycles. The van der Waals surface area contributed by atoms with Crippen molar-refractivity contribution in [1.29, 1.82) is 0 Å². The molecule has 2 heterocycles. The van der Waals surface area contributed by atoms with Crippen LogP contribution in [0.5, 0.6) is 6.01 Å². The summed E-state index contributed by atoms with van der Waals surface area (Å²) < 4.78 is 10.5. The molecule has 2 aromatic heterocycles. The Balaban J connectivity index is 2.10. The topological polar surface area (TPSA) is 98.0 Å². The summed E-state index contributed by atoms with van der Waals surface area (Å²) in [6.45, 7) is 6.95. The van der Waals surface area contributed by atoms with Crippen LogP contribution >= 0.6 is 0 Å². The maximum atomic E-state index is 5.50. The van der Waals surface area contributed by atoms with Crippen LogP contribution in [0.25, 0.3) is 0 Å². The number of rotatable bonds is 7. The van der Waals surface area contributed by atoms with Crippen molar-refractivity contribution < 1.29 is 9.26 Å². The monoisotopic (exact) mass is 278 g/mol. The molecule has 0 saturated carbocycles. The van der Waals surface area contributed by atoms with Gasteiger partial charge in [0.05, 0.1) is 18.8 Å². The van der Waals surface area contributed by atoms with Crippen molar-refractivity contribution >= 4 is 11.9 Å². The van der Waals surface area contributed by atoms with Gasteiger partial charge in [-0.05, 0) is 20.8 Å². The van der Waals surface area contributed by atoms with Crippen molar-refractivity contribution in [3.05, 3.63) is 18.0 Å². The quantitative estimate of drug-likeness (QED) is 0.789. The Hall–Kier alpha value is -2.38. The average Bonchev–Trinajstić information content (AvgIpc) is 2.89. The molecule has 0 saturated heterocycles. The lowest BCUT2D eigenvalue weighted by atomic mass is 10.4. The van der Waals surface area contributed by atoms with E-state index in [9.17, 15) is 0 Å². The fourth-order valence-corrected chi connectivity index (χ4v) is 1.44. The molecule has 2 rings (SSSR count). The minimum atomic E-state index is -0.00556. The second kappa shape index (κ2) is 6.69. The molecule has 0 amide bonds. The number of hydrogen-bond donors (Lipinski definition) is 2. The first-order chi connectivity index (χ1) is 9.67. The van der Waals surface area contributed by atoms with Crippen LogP contribution in [-0.2, 0) is 6.54 Å². The van der Waals surface area contributed by atoms with Crippen molar-refractivity contribution in [3.8, 4) is 6.01 Å². The van der Waals surface area contributed by atoms with E-state index in [1.165, 1.54) is 0 Å². The van der Waals surface area contributed by atoms with E-state index in [1.807, 2.05) is 20.8 Å². The molecule has 0 aliphatic rings. The minimum Gasteiger partial charge on any atom is -0.461 e. The van der Waals surface area contributed by atoms with Gasteiger partial charge in [-0.2, -0.15) is 15.0 Å². The molecule has 108 valence electrons. The third-order valence-electron chi connectivity index (χ3n) is 2.20. The van der Waals surface area contributed by atoms with E-state index < -0.39 is 0 Å². The molecule has 0 atom stereocenters. The Morgan fingerprint density at radius 3 is 2.55 bits per heavy atom. The zero-order valence-electron chi connectivity index (χ0n) is 11.8. The molecule has 20 heavy (non-hydrogen) atoms. The highest BCUT2D eigenvalue weighted by atomic mass is 16.5. The van der Waals surface area contributed by atoms with Crippen molar-refractivity contribution in [3.63, 3.8) is 0 Å². The van der Waals surface area contributed by atoms with Crippen molar-refractivity contribution in [2.24, 2.45) is 0 Å². The molecule has 0 fully saturated rings. The summed E-state index contributed by atoms with van der Waals surface area (Å²) in [6, 6.07) is 2.05. The van der Waals surface area contributed by atoms with Crippen molar-refractivity contribution in [1.82, 2.24) is 20.1 Å². The number of hydrogen-bond acceptors (Lipinski definition) is 8. The second-order valence-corrected chi connectivity index (χ2v) is 4.29. The number of nitrogens with one attached hydrogen (secondary N) is 2. The van der Waals surface area contributed by atoms with Gasteiger partial charge >= 0.3 is 6.01 Å². The summed E-state index contributed by atoms with van der Waals surface area (Å²) in [5.74, 6) is 1.59. The first kappa shape index (κ1) is 14.0. The molecule has 0 radical (unpaired) electrons. The molecule has 0 bridgehead atoms. The lowest BCUT2D eigenvalue weighted by Crippen LogP contribution is -2.13. The second-order valence-electron chi connectivity index (χ2n) is 4.29. The van der Waals surface area contributed by atoms with Crippen LogP contribution in [0.4, 0.5) is 11.9 Å².